The Morgan fingerprint density at radius 3 is 2.20 bits per heavy atom. The number of hydrogen-bond donors (Lipinski definition) is 6. The average molecular weight is 1000 g/mol. The molecule has 0 spiro atoms. The Morgan fingerprint density at radius 2 is 1.55 bits per heavy atom. The van der Waals surface area contributed by atoms with Gasteiger partial charge in [-0.15, -0.1) is 0 Å². The molecule has 0 amide bonds. The molecule has 4 aliphatic rings. The van der Waals surface area contributed by atoms with Crippen LogP contribution in [0.1, 0.15) is 86.9 Å². The van der Waals surface area contributed by atoms with Crippen LogP contribution in [-0.2, 0) is 58.6 Å². The molecule has 0 radical (unpaired) electrons. The quantitative estimate of drug-likeness (QED) is 0.157. The molecule has 6 rings (SSSR count). The summed E-state index contributed by atoms with van der Waals surface area (Å²) in [7, 11) is 6.53. The first kappa shape index (κ1) is 57.0. The monoisotopic (exact) mass is 1000 g/mol. The van der Waals surface area contributed by atoms with Crippen LogP contribution in [0.2, 0.25) is 0 Å². The zero-order chi connectivity index (χ0) is 52.1. The molecule has 2 unspecified atom stereocenters. The van der Waals surface area contributed by atoms with Crippen molar-refractivity contribution in [3.05, 3.63) is 53.9 Å². The van der Waals surface area contributed by atoms with E-state index in [1.54, 1.807) is 52.8 Å². The van der Waals surface area contributed by atoms with E-state index in [0.29, 0.717) is 17.8 Å². The van der Waals surface area contributed by atoms with E-state index in [1.165, 1.54) is 27.2 Å². The van der Waals surface area contributed by atoms with Gasteiger partial charge in [0, 0.05) is 44.8 Å². The van der Waals surface area contributed by atoms with Crippen LogP contribution in [0.15, 0.2) is 48.1 Å². The molecule has 19 nitrogen and oxygen atoms in total. The number of carbonyl (C=O) groups is 2. The molecule has 3 saturated heterocycles. The molecule has 1 aromatic heterocycles. The van der Waals surface area contributed by atoms with Crippen molar-refractivity contribution in [2.75, 3.05) is 34.9 Å². The van der Waals surface area contributed by atoms with Gasteiger partial charge in [-0.2, -0.15) is 0 Å². The molecule has 2 aromatic rings. The van der Waals surface area contributed by atoms with Crippen molar-refractivity contribution in [3.8, 4) is 0 Å². The van der Waals surface area contributed by atoms with Gasteiger partial charge in [0.25, 0.3) is 0 Å². The Bertz CT molecular complexity index is 2070. The number of allylic oxidation sites excluding steroid dienone is 3. The van der Waals surface area contributed by atoms with Crippen molar-refractivity contribution in [2.45, 2.75) is 191 Å². The van der Waals surface area contributed by atoms with Gasteiger partial charge >= 0.3 is 5.97 Å². The van der Waals surface area contributed by atoms with E-state index in [9.17, 15) is 35.1 Å². The molecule has 6 N–H and O–H groups in total. The molecule has 0 saturated carbocycles. The highest BCUT2D eigenvalue weighted by Crippen LogP contribution is 2.38. The van der Waals surface area contributed by atoms with Gasteiger partial charge in [-0.3, -0.25) is 9.59 Å². The minimum atomic E-state index is -1.49. The molecule has 21 atom stereocenters. The number of aliphatic hydroxyl groups is 5. The highest BCUT2D eigenvalue weighted by Gasteiger charge is 2.52. The Balaban J connectivity index is 1.32. The zero-order valence-electron chi connectivity index (χ0n) is 43.5. The summed E-state index contributed by atoms with van der Waals surface area (Å²) in [5.74, 6) is -2.67. The maximum Gasteiger partial charge on any atom is 0.308 e. The molecule has 19 heteroatoms. The number of benzene rings is 1. The Kier molecular flexibility index (Phi) is 20.0. The fraction of sp³-hybridized carbons (Fsp3) is 0.750. The van der Waals surface area contributed by atoms with Crippen molar-refractivity contribution >= 4 is 22.8 Å². The summed E-state index contributed by atoms with van der Waals surface area (Å²) in [6.45, 7) is 14.0. The van der Waals surface area contributed by atoms with Crippen LogP contribution < -0.4 is 0 Å². The molecule has 5 heterocycles. The van der Waals surface area contributed by atoms with E-state index in [0.717, 1.165) is 11.0 Å². The van der Waals surface area contributed by atoms with E-state index in [1.807, 2.05) is 51.1 Å². The van der Waals surface area contributed by atoms with E-state index >= 15 is 0 Å². The first-order chi connectivity index (χ1) is 33.6. The van der Waals surface area contributed by atoms with Gasteiger partial charge in [0.1, 0.15) is 48.6 Å². The van der Waals surface area contributed by atoms with Gasteiger partial charge in [0.15, 0.2) is 24.7 Å². The number of H-pyrrole nitrogens is 1. The number of hydrogen-bond acceptors (Lipinski definition) is 18. The Labute approximate surface area is 418 Å². The number of aromatic nitrogens is 2. The van der Waals surface area contributed by atoms with E-state index in [2.05, 4.69) is 4.98 Å². The standard InChI is InChI=1S/C52H81N3O16/c1-13-38-33(25-65-51-48(64-12)47(63-11)43(59)29(5)67-51)20-26(2)18-19-36(56)27(3)21-32(22-39-53-34-16-14-15-17-35(34)54-39)45(28(4)37(57)23-40(58)69-38)71-50-44(60)42(55(9)10)46(30(6)68-50)70-41-24-52(8,62)49(61)31(7)66-41/h14-20,27-33,37-38,41-51,57,59-62H,13,21-25H2,1-12H3,(H,53,54)/b19-18-,26-20+/t27-,28+,29-,30-,31+,32-,33-,37-,38?,41+,42-,43-,44-,45?,46-,47-,48-,49+,50+,51-,52-/m1/s1. The number of imidazole rings is 1. The summed E-state index contributed by atoms with van der Waals surface area (Å²) >= 11 is 0. The lowest BCUT2D eigenvalue weighted by atomic mass is 9.79. The molecule has 1 aromatic carbocycles. The van der Waals surface area contributed by atoms with E-state index < -0.39 is 140 Å². The van der Waals surface area contributed by atoms with Crippen LogP contribution in [0.5, 0.6) is 0 Å². The van der Waals surface area contributed by atoms with Gasteiger partial charge < -0.3 is 78.0 Å². The highest BCUT2D eigenvalue weighted by atomic mass is 16.7. The first-order valence-corrected chi connectivity index (χ1v) is 25.2. The van der Waals surface area contributed by atoms with Gasteiger partial charge in [0.2, 0.25) is 0 Å². The number of ketones is 1. The second kappa shape index (κ2) is 24.9. The lowest BCUT2D eigenvalue weighted by Gasteiger charge is -2.50. The van der Waals surface area contributed by atoms with Crippen LogP contribution in [0.25, 0.3) is 11.0 Å². The number of fused-ring (bicyclic) bond motifs is 1. The smallest absolute Gasteiger partial charge is 0.308 e. The Hall–Kier alpha value is -3.25. The second-order valence-corrected chi connectivity index (χ2v) is 20.7. The normalized spacial score (nSPS) is 42.7. The number of ether oxygens (including phenoxy) is 9. The summed E-state index contributed by atoms with van der Waals surface area (Å²) in [5.41, 5.74) is 0.786. The number of cyclic esters (lactones) is 1. The minimum absolute atomic E-state index is 0.00214. The predicted molar refractivity (Wildman–Crippen MR) is 259 cm³/mol. The third-order valence-corrected chi connectivity index (χ3v) is 14.9. The lowest BCUT2D eigenvalue weighted by Crippen LogP contribution is -2.65. The fourth-order valence-electron chi connectivity index (χ4n) is 10.7. The van der Waals surface area contributed by atoms with Gasteiger partial charge in [0.05, 0.1) is 66.2 Å². The number of aliphatic hydroxyl groups excluding tert-OH is 4. The zero-order valence-corrected chi connectivity index (χ0v) is 43.5. The number of nitrogens with zero attached hydrogens (tertiary/aromatic N) is 2. The number of esters is 1. The van der Waals surface area contributed by atoms with Crippen molar-refractivity contribution in [3.63, 3.8) is 0 Å². The molecule has 0 bridgehead atoms. The molecule has 0 aliphatic carbocycles. The number of likely N-dealkylation sites (N-methyl/N-ethyl adjacent to an activating group) is 1. The van der Waals surface area contributed by atoms with Crippen molar-refractivity contribution in [1.29, 1.82) is 0 Å². The molecular formula is C52H81N3O16. The third kappa shape index (κ3) is 13.7. The number of rotatable bonds is 13. The van der Waals surface area contributed by atoms with Crippen LogP contribution >= 0.6 is 0 Å². The summed E-state index contributed by atoms with van der Waals surface area (Å²) < 4.78 is 55.7. The number of carbonyl (C=O) groups excluding carboxylic acids is 2. The number of nitrogens with one attached hydrogen (secondary N) is 1. The molecule has 4 aliphatic heterocycles. The maximum atomic E-state index is 14.2. The molecule has 71 heavy (non-hydrogen) atoms. The summed E-state index contributed by atoms with van der Waals surface area (Å²) in [5, 5.41) is 56.8. The average Bonchev–Trinajstić information content (AvgIpc) is 3.73. The minimum Gasteiger partial charge on any atom is -0.462 e. The molecule has 400 valence electrons. The summed E-state index contributed by atoms with van der Waals surface area (Å²) in [4.78, 5) is 38.3. The van der Waals surface area contributed by atoms with Crippen molar-refractivity contribution < 1.29 is 77.8 Å². The van der Waals surface area contributed by atoms with E-state index in [4.69, 9.17) is 47.6 Å². The Morgan fingerprint density at radius 1 is 0.859 bits per heavy atom. The van der Waals surface area contributed by atoms with Crippen LogP contribution in [0.4, 0.5) is 0 Å². The van der Waals surface area contributed by atoms with Crippen LogP contribution in [0, 0.1) is 23.7 Å². The first-order valence-electron chi connectivity index (χ1n) is 25.2. The van der Waals surface area contributed by atoms with Gasteiger partial charge in [-0.05, 0) is 85.7 Å². The fourth-order valence-corrected chi connectivity index (χ4v) is 10.7. The third-order valence-electron chi connectivity index (χ3n) is 14.9. The summed E-state index contributed by atoms with van der Waals surface area (Å²) in [6.07, 6.45) is -8.37. The topological polar surface area (TPSA) is 250 Å². The van der Waals surface area contributed by atoms with Crippen molar-refractivity contribution in [1.82, 2.24) is 14.9 Å². The SMILES string of the molecule is CCC1OC(=O)C[C@@H](O)[C@H](C)C(O[C@@H]2O[C@H](C)[C@@H](O[C@H]3C[C@@](C)(O)[C@@H](O)[C@H](C)O3)[C@H](N(C)C)[C@H]2O)[C@@H](Cc2nc3ccccc3[nH]2)C[C@@H](C)C(=O)/C=C\C(C)=C\[C@@H]1CO[C@@H]1O[C@H](C)[C@@H](O)[C@@H](OC)[C@H]1OC. The molecule has 3 fully saturated rings. The number of para-hydroxylation sites is 2. The second-order valence-electron chi connectivity index (χ2n) is 20.7. The van der Waals surface area contributed by atoms with Gasteiger partial charge in [-0.1, -0.05) is 50.6 Å². The van der Waals surface area contributed by atoms with Crippen molar-refractivity contribution in [2.24, 2.45) is 23.7 Å². The number of aromatic amines is 1. The number of methoxy groups -OCH3 is 2. The van der Waals surface area contributed by atoms with Crippen LogP contribution in [-0.4, -0.2) is 191 Å². The maximum absolute atomic E-state index is 14.2. The highest BCUT2D eigenvalue weighted by molar-refractivity contribution is 5.91. The lowest BCUT2D eigenvalue weighted by molar-refractivity contribution is -0.342. The van der Waals surface area contributed by atoms with E-state index in [-0.39, 0.29) is 31.7 Å². The molecular weight excluding hydrogens is 923 g/mol. The predicted octanol–water partition coefficient (Wildman–Crippen LogP) is 3.36. The summed E-state index contributed by atoms with van der Waals surface area (Å²) in [6, 6.07) is 6.87. The van der Waals surface area contributed by atoms with Gasteiger partial charge in [-0.25, -0.2) is 4.98 Å². The van der Waals surface area contributed by atoms with Crippen LogP contribution in [0.3, 0.4) is 0 Å². The largest absolute Gasteiger partial charge is 0.462 e.